The van der Waals surface area contributed by atoms with Gasteiger partial charge in [0.1, 0.15) is 0 Å². The van der Waals surface area contributed by atoms with E-state index in [-0.39, 0.29) is 11.9 Å². The van der Waals surface area contributed by atoms with Crippen molar-refractivity contribution in [2.45, 2.75) is 12.5 Å². The highest BCUT2D eigenvalue weighted by Gasteiger charge is 2.25. The molecule has 1 aromatic carbocycles. The number of benzene rings is 1. The molecule has 92 valence electrons. The molecule has 1 aromatic rings. The number of hydrogen-bond acceptors (Lipinski definition) is 3. The molecule has 2 heterocycles. The summed E-state index contributed by atoms with van der Waals surface area (Å²) in [6.07, 6.45) is 0.643. The van der Waals surface area contributed by atoms with Crippen LogP contribution in [0.3, 0.4) is 0 Å². The third-order valence-corrected chi connectivity index (χ3v) is 2.88. The molecule has 2 aliphatic heterocycles. The molecule has 0 bridgehead atoms. The molecule has 1 amide bonds. The van der Waals surface area contributed by atoms with Crippen molar-refractivity contribution in [2.24, 2.45) is 0 Å². The maximum absolute atomic E-state index is 10.6. The van der Waals surface area contributed by atoms with E-state index < -0.39 is 0 Å². The first kappa shape index (κ1) is 12.1. The zero-order valence-corrected chi connectivity index (χ0v) is 9.91. The lowest BCUT2D eigenvalue weighted by molar-refractivity contribution is -0.128. The van der Waals surface area contributed by atoms with Gasteiger partial charge in [-0.2, -0.15) is 0 Å². The van der Waals surface area contributed by atoms with Gasteiger partial charge in [-0.3, -0.25) is 4.79 Å². The second-order valence-electron chi connectivity index (χ2n) is 4.23. The summed E-state index contributed by atoms with van der Waals surface area (Å²) in [4.78, 5) is 10.6. The molecule has 1 unspecified atom stereocenters. The first-order valence-corrected chi connectivity index (χ1v) is 6.12. The first-order valence-electron chi connectivity index (χ1n) is 6.12. The fourth-order valence-corrected chi connectivity index (χ4v) is 1.85. The van der Waals surface area contributed by atoms with Gasteiger partial charge in [0.05, 0.1) is 12.5 Å². The molecule has 2 aliphatic rings. The van der Waals surface area contributed by atoms with Gasteiger partial charge in [-0.25, -0.2) is 0 Å². The lowest BCUT2D eigenvalue weighted by Gasteiger charge is -2.26. The summed E-state index contributed by atoms with van der Waals surface area (Å²) >= 11 is 0. The second kappa shape index (κ2) is 6.37. The normalized spacial score (nSPS) is 22.8. The fraction of sp³-hybridized carbons (Fsp3) is 0.462. The van der Waals surface area contributed by atoms with Gasteiger partial charge in [0, 0.05) is 26.2 Å². The topological polar surface area (TPSA) is 53.2 Å². The highest BCUT2D eigenvalue weighted by molar-refractivity contribution is 5.83. The molecule has 0 radical (unpaired) electrons. The molecule has 4 heteroatoms. The number of β-lactam (4-membered cyclic amide) rings is 1. The molecule has 3 rings (SSSR count). The Hall–Kier alpha value is -1.39. The average Bonchev–Trinajstić information content (AvgIpc) is 2.39. The van der Waals surface area contributed by atoms with Crippen molar-refractivity contribution in [2.75, 3.05) is 26.2 Å². The maximum atomic E-state index is 10.6. The van der Waals surface area contributed by atoms with Crippen LogP contribution in [0.5, 0.6) is 0 Å². The summed E-state index contributed by atoms with van der Waals surface area (Å²) < 4.78 is 0. The number of rotatable bonds is 1. The van der Waals surface area contributed by atoms with Gasteiger partial charge in [0.25, 0.3) is 0 Å². The van der Waals surface area contributed by atoms with E-state index in [0.29, 0.717) is 6.42 Å². The molecular formula is C13H19N3O. The quantitative estimate of drug-likeness (QED) is 0.616. The number of piperazine rings is 1. The van der Waals surface area contributed by atoms with Gasteiger partial charge in [0.2, 0.25) is 5.91 Å². The highest BCUT2D eigenvalue weighted by atomic mass is 16.2. The molecule has 0 aliphatic carbocycles. The van der Waals surface area contributed by atoms with Crippen LogP contribution in [0.1, 0.15) is 18.0 Å². The Balaban J connectivity index is 0.000000153. The SMILES string of the molecule is C1CNCCN1.O=C1CC(c2ccccc2)N1. The summed E-state index contributed by atoms with van der Waals surface area (Å²) in [5, 5.41) is 9.26. The van der Waals surface area contributed by atoms with E-state index >= 15 is 0 Å². The molecular weight excluding hydrogens is 214 g/mol. The smallest absolute Gasteiger partial charge is 0.222 e. The van der Waals surface area contributed by atoms with Crippen molar-refractivity contribution in [3.05, 3.63) is 35.9 Å². The van der Waals surface area contributed by atoms with Crippen molar-refractivity contribution in [1.29, 1.82) is 0 Å². The third-order valence-electron chi connectivity index (χ3n) is 2.88. The molecule has 0 saturated carbocycles. The Morgan fingerprint density at radius 1 is 0.941 bits per heavy atom. The number of nitrogens with one attached hydrogen (secondary N) is 3. The molecule has 0 spiro atoms. The molecule has 4 nitrogen and oxygen atoms in total. The zero-order chi connectivity index (χ0) is 11.9. The minimum Gasteiger partial charge on any atom is -0.349 e. The Kier molecular flexibility index (Phi) is 4.53. The van der Waals surface area contributed by atoms with Crippen molar-refractivity contribution >= 4 is 5.91 Å². The predicted octanol–water partition coefficient (Wildman–Crippen LogP) is 0.427. The molecule has 1 atom stereocenters. The van der Waals surface area contributed by atoms with Crippen LogP contribution in [-0.2, 0) is 4.79 Å². The van der Waals surface area contributed by atoms with Crippen LogP contribution in [-0.4, -0.2) is 32.1 Å². The van der Waals surface area contributed by atoms with Gasteiger partial charge >= 0.3 is 0 Å². The van der Waals surface area contributed by atoms with E-state index in [1.807, 2.05) is 30.3 Å². The van der Waals surface area contributed by atoms with Crippen LogP contribution in [0.25, 0.3) is 0 Å². The minimum absolute atomic E-state index is 0.152. The van der Waals surface area contributed by atoms with Crippen molar-refractivity contribution < 1.29 is 4.79 Å². The van der Waals surface area contributed by atoms with Gasteiger partial charge in [0.15, 0.2) is 0 Å². The van der Waals surface area contributed by atoms with Crippen LogP contribution in [0.4, 0.5) is 0 Å². The molecule has 3 N–H and O–H groups in total. The highest BCUT2D eigenvalue weighted by Crippen LogP contribution is 2.22. The molecule has 2 saturated heterocycles. The van der Waals surface area contributed by atoms with Crippen molar-refractivity contribution in [1.82, 2.24) is 16.0 Å². The predicted molar refractivity (Wildman–Crippen MR) is 67.7 cm³/mol. The van der Waals surface area contributed by atoms with E-state index in [1.165, 1.54) is 5.56 Å². The fourth-order valence-electron chi connectivity index (χ4n) is 1.85. The average molecular weight is 233 g/mol. The maximum Gasteiger partial charge on any atom is 0.222 e. The van der Waals surface area contributed by atoms with Gasteiger partial charge in [-0.15, -0.1) is 0 Å². The Morgan fingerprint density at radius 2 is 1.47 bits per heavy atom. The summed E-state index contributed by atoms with van der Waals surface area (Å²) in [5.41, 5.74) is 1.20. The largest absolute Gasteiger partial charge is 0.349 e. The molecule has 0 aromatic heterocycles. The summed E-state index contributed by atoms with van der Waals surface area (Å²) in [6.45, 7) is 4.56. The Labute approximate surface area is 102 Å². The van der Waals surface area contributed by atoms with Gasteiger partial charge in [-0.1, -0.05) is 30.3 Å². The number of carbonyl (C=O) groups excluding carboxylic acids is 1. The monoisotopic (exact) mass is 233 g/mol. The number of carbonyl (C=O) groups is 1. The number of hydrogen-bond donors (Lipinski definition) is 3. The van der Waals surface area contributed by atoms with Gasteiger partial charge in [-0.05, 0) is 5.56 Å². The van der Waals surface area contributed by atoms with Crippen LogP contribution >= 0.6 is 0 Å². The standard InChI is InChI=1S/C9H9NO.C4H10N2/c11-9-6-8(10-9)7-4-2-1-3-5-7;1-2-6-4-3-5-1/h1-5,8H,6H2,(H,10,11);5-6H,1-4H2. The molecule has 2 fully saturated rings. The lowest BCUT2D eigenvalue weighted by atomic mass is 9.98. The summed E-state index contributed by atoms with van der Waals surface area (Å²) in [5.74, 6) is 0.152. The van der Waals surface area contributed by atoms with Crippen LogP contribution in [0, 0.1) is 0 Å². The first-order chi connectivity index (χ1) is 8.36. The van der Waals surface area contributed by atoms with Crippen LogP contribution in [0.2, 0.25) is 0 Å². The zero-order valence-electron chi connectivity index (χ0n) is 9.91. The molecule has 17 heavy (non-hydrogen) atoms. The van der Waals surface area contributed by atoms with Gasteiger partial charge < -0.3 is 16.0 Å². The Morgan fingerprint density at radius 3 is 1.88 bits per heavy atom. The van der Waals surface area contributed by atoms with E-state index in [2.05, 4.69) is 16.0 Å². The third kappa shape index (κ3) is 3.84. The van der Waals surface area contributed by atoms with E-state index in [4.69, 9.17) is 0 Å². The van der Waals surface area contributed by atoms with Crippen molar-refractivity contribution in [3.8, 4) is 0 Å². The lowest BCUT2D eigenvalue weighted by Crippen LogP contribution is -2.41. The van der Waals surface area contributed by atoms with E-state index in [0.717, 1.165) is 26.2 Å². The van der Waals surface area contributed by atoms with Crippen molar-refractivity contribution in [3.63, 3.8) is 0 Å². The van der Waals surface area contributed by atoms with E-state index in [9.17, 15) is 4.79 Å². The van der Waals surface area contributed by atoms with Crippen LogP contribution < -0.4 is 16.0 Å². The Bertz CT molecular complexity index is 329. The second-order valence-corrected chi connectivity index (χ2v) is 4.23. The minimum atomic E-state index is 0.152. The van der Waals surface area contributed by atoms with E-state index in [1.54, 1.807) is 0 Å². The number of amides is 1. The van der Waals surface area contributed by atoms with Crippen LogP contribution in [0.15, 0.2) is 30.3 Å². The summed E-state index contributed by atoms with van der Waals surface area (Å²) in [7, 11) is 0. The summed E-state index contributed by atoms with van der Waals surface area (Å²) in [6, 6.07) is 10.3.